The van der Waals surface area contributed by atoms with Crippen LogP contribution < -0.4 is 4.74 Å². The molecule has 0 aliphatic carbocycles. The maximum absolute atomic E-state index is 14.1. The van der Waals surface area contributed by atoms with Crippen molar-refractivity contribution >= 4 is 16.9 Å². The molecule has 156 valence electrons. The van der Waals surface area contributed by atoms with E-state index in [0.29, 0.717) is 16.9 Å². The number of benzene rings is 3. The second-order valence-corrected chi connectivity index (χ2v) is 7.42. The average Bonchev–Trinajstić information content (AvgIpc) is 3.20. The van der Waals surface area contributed by atoms with Crippen LogP contribution in [-0.4, -0.2) is 11.0 Å². The highest BCUT2D eigenvalue weighted by molar-refractivity contribution is 5.87. The Kier molecular flexibility index (Phi) is 5.14. The molecule has 6 heteroatoms. The Hall–Kier alpha value is -3.64. The summed E-state index contributed by atoms with van der Waals surface area (Å²) in [7, 11) is 0. The van der Waals surface area contributed by atoms with Crippen molar-refractivity contribution in [3.8, 4) is 5.75 Å². The highest BCUT2D eigenvalue weighted by Gasteiger charge is 2.25. The molecule has 5 nitrogen and oxygen atoms in total. The number of halogens is 1. The molecule has 1 aromatic heterocycles. The van der Waals surface area contributed by atoms with Crippen molar-refractivity contribution in [2.24, 2.45) is 0 Å². The molecule has 2 heterocycles. The molecule has 0 spiro atoms. The van der Waals surface area contributed by atoms with Crippen LogP contribution in [-0.2, 0) is 33.9 Å². The second-order valence-electron chi connectivity index (χ2n) is 7.42. The van der Waals surface area contributed by atoms with E-state index in [9.17, 15) is 9.18 Å². The molecule has 0 radical (unpaired) electrons. The molecular formula is C25H20FNO4. The van der Waals surface area contributed by atoms with Gasteiger partial charge >= 0.3 is 5.97 Å². The third kappa shape index (κ3) is 4.02. The van der Waals surface area contributed by atoms with Crippen LogP contribution in [0.5, 0.6) is 5.75 Å². The van der Waals surface area contributed by atoms with Gasteiger partial charge in [-0.3, -0.25) is 4.79 Å². The first-order valence-corrected chi connectivity index (χ1v) is 10.0. The molecular weight excluding hydrogens is 397 g/mol. The molecule has 4 aromatic rings. The van der Waals surface area contributed by atoms with Gasteiger partial charge in [0.2, 0.25) is 6.29 Å². The van der Waals surface area contributed by atoms with Crippen molar-refractivity contribution in [2.45, 2.75) is 25.9 Å². The van der Waals surface area contributed by atoms with Crippen molar-refractivity contribution < 1.29 is 23.4 Å². The number of carbonyl (C=O) groups excluding carboxylic acids is 1. The van der Waals surface area contributed by atoms with Crippen molar-refractivity contribution in [2.75, 3.05) is 0 Å². The van der Waals surface area contributed by atoms with Gasteiger partial charge in [-0.05, 0) is 23.8 Å². The first-order chi connectivity index (χ1) is 15.2. The summed E-state index contributed by atoms with van der Waals surface area (Å²) in [6, 6.07) is 20.0. The fourth-order valence-electron chi connectivity index (χ4n) is 3.80. The first-order valence-electron chi connectivity index (χ1n) is 10.0. The van der Waals surface area contributed by atoms with Gasteiger partial charge in [0, 0.05) is 33.8 Å². The zero-order chi connectivity index (χ0) is 21.2. The Balaban J connectivity index is 1.32. The summed E-state index contributed by atoms with van der Waals surface area (Å²) in [6.07, 6.45) is 1.33. The van der Waals surface area contributed by atoms with Gasteiger partial charge in [0.15, 0.2) is 0 Å². The monoisotopic (exact) mass is 417 g/mol. The Morgan fingerprint density at radius 3 is 2.74 bits per heavy atom. The maximum atomic E-state index is 14.1. The summed E-state index contributed by atoms with van der Waals surface area (Å²) in [5, 5.41) is 0.980. The van der Waals surface area contributed by atoms with Gasteiger partial charge in [-0.15, -0.1) is 0 Å². The fraction of sp³-hybridized carbons (Fsp3) is 0.160. The van der Waals surface area contributed by atoms with Crippen LogP contribution in [0.1, 0.15) is 28.5 Å². The highest BCUT2D eigenvalue weighted by atomic mass is 19.1. The summed E-state index contributed by atoms with van der Waals surface area (Å²) in [4.78, 5) is 15.6. The summed E-state index contributed by atoms with van der Waals surface area (Å²) < 4.78 is 31.3. The van der Waals surface area contributed by atoms with Gasteiger partial charge in [0.1, 0.15) is 18.2 Å². The van der Waals surface area contributed by atoms with Crippen LogP contribution in [0.15, 0.2) is 72.9 Å². The van der Waals surface area contributed by atoms with E-state index in [-0.39, 0.29) is 19.6 Å². The molecule has 31 heavy (non-hydrogen) atoms. The molecule has 1 aliphatic heterocycles. The number of fused-ring (bicyclic) bond motifs is 2. The van der Waals surface area contributed by atoms with E-state index >= 15 is 0 Å². The topological polar surface area (TPSA) is 60.6 Å². The van der Waals surface area contributed by atoms with Gasteiger partial charge < -0.3 is 19.2 Å². The van der Waals surface area contributed by atoms with Gasteiger partial charge in [0.05, 0.1) is 13.0 Å². The number of aromatic amines is 1. The molecule has 0 saturated heterocycles. The minimum absolute atomic E-state index is 0.0806. The van der Waals surface area contributed by atoms with E-state index in [1.165, 1.54) is 12.1 Å². The third-order valence-corrected chi connectivity index (χ3v) is 5.29. The van der Waals surface area contributed by atoms with Gasteiger partial charge in [0.25, 0.3) is 0 Å². The molecule has 1 atom stereocenters. The predicted octanol–water partition coefficient (Wildman–Crippen LogP) is 5.20. The van der Waals surface area contributed by atoms with Crippen molar-refractivity contribution in [1.29, 1.82) is 0 Å². The predicted molar refractivity (Wildman–Crippen MR) is 113 cm³/mol. The lowest BCUT2D eigenvalue weighted by Crippen LogP contribution is -2.20. The Morgan fingerprint density at radius 2 is 1.87 bits per heavy atom. The van der Waals surface area contributed by atoms with Gasteiger partial charge in [-0.1, -0.05) is 48.5 Å². The lowest BCUT2D eigenvalue weighted by molar-refractivity contribution is -0.144. The van der Waals surface area contributed by atoms with Crippen molar-refractivity contribution in [1.82, 2.24) is 4.98 Å². The quantitative estimate of drug-likeness (QED) is 0.454. The lowest BCUT2D eigenvalue weighted by Gasteiger charge is -2.28. The molecule has 5 rings (SSSR count). The van der Waals surface area contributed by atoms with Crippen LogP contribution >= 0.6 is 0 Å². The molecule has 0 bridgehead atoms. The number of ether oxygens (including phenoxy) is 3. The van der Waals surface area contributed by atoms with Crippen molar-refractivity contribution in [3.05, 3.63) is 101 Å². The molecule has 0 unspecified atom stereocenters. The SMILES string of the molecule is O=C(Cc1c[nH]c2ccccc12)OCc1cc(F)cc2c1O[C@@H](c1ccccc1)OC2. The average molecular weight is 417 g/mol. The van der Waals surface area contributed by atoms with Gasteiger partial charge in [-0.2, -0.15) is 0 Å². The normalized spacial score (nSPS) is 15.3. The Labute approximate surface area is 178 Å². The first kappa shape index (κ1) is 19.3. The Bertz CT molecular complexity index is 1230. The third-order valence-electron chi connectivity index (χ3n) is 5.29. The second kappa shape index (κ2) is 8.24. The van der Waals surface area contributed by atoms with E-state index < -0.39 is 18.1 Å². The fourth-order valence-corrected chi connectivity index (χ4v) is 3.80. The van der Waals surface area contributed by atoms with Crippen LogP contribution in [0.3, 0.4) is 0 Å². The van der Waals surface area contributed by atoms with Crippen LogP contribution in [0.2, 0.25) is 0 Å². The number of para-hydroxylation sites is 1. The molecule has 0 saturated carbocycles. The zero-order valence-electron chi connectivity index (χ0n) is 16.6. The zero-order valence-corrected chi connectivity index (χ0v) is 16.6. The molecule has 0 amide bonds. The molecule has 0 fully saturated rings. The summed E-state index contributed by atoms with van der Waals surface area (Å²) in [5.74, 6) is -0.317. The Morgan fingerprint density at radius 1 is 1.06 bits per heavy atom. The summed E-state index contributed by atoms with van der Waals surface area (Å²) in [5.41, 5.74) is 3.75. The standard InChI is InChI=1S/C25H20FNO4/c26-20-10-18(14-29-23(28)12-17-13-27-22-9-5-4-8-21(17)22)24-19(11-20)15-30-25(31-24)16-6-2-1-3-7-16/h1-11,13,25,27H,12,14-15H2/t25-/m0/s1. The highest BCUT2D eigenvalue weighted by Crippen LogP contribution is 2.36. The smallest absolute Gasteiger partial charge is 0.310 e. The van der Waals surface area contributed by atoms with E-state index in [1.807, 2.05) is 54.6 Å². The molecule has 1 N–H and O–H groups in total. The number of hydrogen-bond donors (Lipinski definition) is 1. The van der Waals surface area contributed by atoms with Crippen LogP contribution in [0.4, 0.5) is 4.39 Å². The van der Waals surface area contributed by atoms with Gasteiger partial charge in [-0.25, -0.2) is 4.39 Å². The molecule has 3 aromatic carbocycles. The number of aromatic nitrogens is 1. The summed E-state index contributed by atoms with van der Waals surface area (Å²) in [6.45, 7) is 0.131. The van der Waals surface area contributed by atoms with Crippen LogP contribution in [0, 0.1) is 5.82 Å². The number of H-pyrrole nitrogens is 1. The number of nitrogens with one attached hydrogen (secondary N) is 1. The molecule has 1 aliphatic rings. The van der Waals surface area contributed by atoms with E-state index in [4.69, 9.17) is 14.2 Å². The van der Waals surface area contributed by atoms with E-state index in [0.717, 1.165) is 22.0 Å². The van der Waals surface area contributed by atoms with Crippen molar-refractivity contribution in [3.63, 3.8) is 0 Å². The lowest BCUT2D eigenvalue weighted by atomic mass is 10.1. The maximum Gasteiger partial charge on any atom is 0.310 e. The van der Waals surface area contributed by atoms with E-state index in [1.54, 1.807) is 6.20 Å². The minimum Gasteiger partial charge on any atom is -0.460 e. The number of rotatable bonds is 5. The number of carbonyl (C=O) groups is 1. The summed E-state index contributed by atoms with van der Waals surface area (Å²) >= 11 is 0. The largest absolute Gasteiger partial charge is 0.460 e. The number of esters is 1. The van der Waals surface area contributed by atoms with Crippen LogP contribution in [0.25, 0.3) is 10.9 Å². The van der Waals surface area contributed by atoms with E-state index in [2.05, 4.69) is 4.98 Å². The minimum atomic E-state index is -0.597. The number of hydrogen-bond acceptors (Lipinski definition) is 4.